The van der Waals surface area contributed by atoms with Crippen LogP contribution in [0.1, 0.15) is 13.0 Å². The number of nitrogens with two attached hydrogens (primary N) is 2. The van der Waals surface area contributed by atoms with Gasteiger partial charge in [-0.25, -0.2) is 9.61 Å². The number of aromatic nitrogens is 4. The highest BCUT2D eigenvalue weighted by Crippen LogP contribution is 2.29. The Balaban J connectivity index is 2.34. The van der Waals surface area contributed by atoms with Crippen LogP contribution >= 0.6 is 0 Å². The van der Waals surface area contributed by atoms with Gasteiger partial charge in [-0.05, 0) is 29.4 Å². The average Bonchev–Trinajstić information content (AvgIpc) is 3.00. The highest BCUT2D eigenvalue weighted by Gasteiger charge is 2.24. The molecule has 0 fully saturated rings. The third kappa shape index (κ3) is 1.69. The summed E-state index contributed by atoms with van der Waals surface area (Å²) in [7, 11) is 0. The first-order valence-corrected chi connectivity index (χ1v) is 5.94. The molecule has 2 heterocycles. The molecule has 0 saturated carbocycles. The van der Waals surface area contributed by atoms with Crippen LogP contribution in [0.25, 0.3) is 22.6 Å². The van der Waals surface area contributed by atoms with Crippen LogP contribution in [-0.2, 0) is 4.79 Å². The summed E-state index contributed by atoms with van der Waals surface area (Å²) in [6, 6.07) is 6.76. The Bertz CT molecular complexity index is 790. The second-order valence-electron chi connectivity index (χ2n) is 4.37. The van der Waals surface area contributed by atoms with E-state index in [-0.39, 0.29) is 11.5 Å². The van der Waals surface area contributed by atoms with Crippen LogP contribution in [-0.4, -0.2) is 25.8 Å². The van der Waals surface area contributed by atoms with Crippen molar-refractivity contribution in [3.63, 3.8) is 0 Å². The van der Waals surface area contributed by atoms with Crippen molar-refractivity contribution in [3.8, 4) is 11.5 Å². The molecule has 0 aliphatic carbocycles. The van der Waals surface area contributed by atoms with Gasteiger partial charge in [-0.15, -0.1) is 0 Å². The van der Waals surface area contributed by atoms with Crippen LogP contribution in [0.5, 0.6) is 0 Å². The molecular formula is C12H12N6O2. The van der Waals surface area contributed by atoms with Gasteiger partial charge in [0.2, 0.25) is 5.91 Å². The molecule has 0 aliphatic heterocycles. The molecule has 2 aromatic heterocycles. The fourth-order valence-electron chi connectivity index (χ4n) is 2.08. The number of imidazole rings is 1. The molecule has 0 saturated heterocycles. The van der Waals surface area contributed by atoms with Crippen LogP contribution in [0, 0.1) is 0 Å². The van der Waals surface area contributed by atoms with Crippen molar-refractivity contribution in [2.45, 2.75) is 13.0 Å². The number of amides is 1. The Morgan fingerprint density at radius 3 is 2.75 bits per heavy atom. The number of carbonyl (C=O) groups excluding carboxylic acids is 1. The van der Waals surface area contributed by atoms with E-state index in [1.807, 2.05) is 24.3 Å². The summed E-state index contributed by atoms with van der Waals surface area (Å²) >= 11 is 0. The van der Waals surface area contributed by atoms with Crippen LogP contribution in [0.15, 0.2) is 28.9 Å². The Hall–Kier alpha value is -2.90. The van der Waals surface area contributed by atoms with E-state index in [1.165, 1.54) is 0 Å². The highest BCUT2D eigenvalue weighted by atomic mass is 16.6. The van der Waals surface area contributed by atoms with Crippen molar-refractivity contribution in [2.75, 3.05) is 5.73 Å². The van der Waals surface area contributed by atoms with Gasteiger partial charge in [0.25, 0.3) is 0 Å². The lowest BCUT2D eigenvalue weighted by Crippen LogP contribution is -2.24. The summed E-state index contributed by atoms with van der Waals surface area (Å²) in [5.41, 5.74) is 12.9. The van der Waals surface area contributed by atoms with E-state index in [1.54, 1.807) is 11.5 Å². The number of benzene rings is 1. The molecule has 8 heteroatoms. The molecule has 4 N–H and O–H groups in total. The first-order valence-electron chi connectivity index (χ1n) is 5.94. The third-order valence-electron chi connectivity index (χ3n) is 3.12. The van der Waals surface area contributed by atoms with Gasteiger partial charge in [-0.3, -0.25) is 4.79 Å². The molecule has 0 radical (unpaired) electrons. The molecule has 8 nitrogen and oxygen atoms in total. The van der Waals surface area contributed by atoms with Crippen molar-refractivity contribution in [1.82, 2.24) is 19.9 Å². The Kier molecular flexibility index (Phi) is 2.63. The standard InChI is InChI=1S/C12H12N6O2/c1-6(11(14)19)18-8-5-3-2-4-7(8)15-12(18)9-10(13)17-20-16-9/h2-6H,1H3,(H2,13,17)(H2,14,19). The molecule has 3 rings (SSSR count). The van der Waals surface area contributed by atoms with Gasteiger partial charge in [0.1, 0.15) is 6.04 Å². The molecular weight excluding hydrogens is 260 g/mol. The summed E-state index contributed by atoms with van der Waals surface area (Å²) in [5, 5.41) is 7.27. The van der Waals surface area contributed by atoms with Crippen LogP contribution in [0.2, 0.25) is 0 Å². The Morgan fingerprint density at radius 2 is 2.10 bits per heavy atom. The fraction of sp³-hybridized carbons (Fsp3) is 0.167. The summed E-state index contributed by atoms with van der Waals surface area (Å²) in [6.07, 6.45) is 0. The van der Waals surface area contributed by atoms with Crippen molar-refractivity contribution >= 4 is 22.8 Å². The van der Waals surface area contributed by atoms with Crippen molar-refractivity contribution < 1.29 is 9.42 Å². The maximum Gasteiger partial charge on any atom is 0.240 e. The van der Waals surface area contributed by atoms with E-state index in [0.717, 1.165) is 5.52 Å². The number of carbonyl (C=O) groups is 1. The first-order chi connectivity index (χ1) is 9.59. The molecule has 20 heavy (non-hydrogen) atoms. The topological polar surface area (TPSA) is 126 Å². The first kappa shape index (κ1) is 12.2. The lowest BCUT2D eigenvalue weighted by molar-refractivity contribution is -0.120. The molecule has 1 unspecified atom stereocenters. The lowest BCUT2D eigenvalue weighted by atomic mass is 10.2. The van der Waals surface area contributed by atoms with Gasteiger partial charge < -0.3 is 16.0 Å². The minimum Gasteiger partial charge on any atom is -0.379 e. The lowest BCUT2D eigenvalue weighted by Gasteiger charge is -2.13. The minimum atomic E-state index is -0.603. The molecule has 3 aromatic rings. The van der Waals surface area contributed by atoms with Crippen LogP contribution < -0.4 is 11.5 Å². The number of hydrogen-bond acceptors (Lipinski definition) is 6. The van der Waals surface area contributed by atoms with Gasteiger partial charge >= 0.3 is 0 Å². The number of hydrogen-bond donors (Lipinski definition) is 2. The molecule has 0 spiro atoms. The molecule has 102 valence electrons. The number of rotatable bonds is 3. The van der Waals surface area contributed by atoms with E-state index >= 15 is 0 Å². The molecule has 0 aliphatic rings. The zero-order valence-corrected chi connectivity index (χ0v) is 10.6. The fourth-order valence-corrected chi connectivity index (χ4v) is 2.08. The predicted octanol–water partition coefficient (Wildman–Crippen LogP) is 0.715. The largest absolute Gasteiger partial charge is 0.379 e. The quantitative estimate of drug-likeness (QED) is 0.723. The summed E-state index contributed by atoms with van der Waals surface area (Å²) in [4.78, 5) is 16.0. The second kappa shape index (κ2) is 4.34. The van der Waals surface area contributed by atoms with E-state index in [2.05, 4.69) is 19.9 Å². The SMILES string of the molecule is CC(C(N)=O)n1c(-c2nonc2N)nc2ccccc21. The van der Waals surface area contributed by atoms with E-state index in [9.17, 15) is 4.79 Å². The summed E-state index contributed by atoms with van der Waals surface area (Å²) < 4.78 is 6.27. The zero-order chi connectivity index (χ0) is 14.3. The monoisotopic (exact) mass is 272 g/mol. The normalized spacial score (nSPS) is 12.7. The highest BCUT2D eigenvalue weighted by molar-refractivity contribution is 5.86. The number of nitrogen functional groups attached to an aromatic ring is 1. The Labute approximate surface area is 113 Å². The number of fused-ring (bicyclic) bond motifs is 1. The number of nitrogens with zero attached hydrogens (tertiary/aromatic N) is 4. The summed E-state index contributed by atoms with van der Waals surface area (Å²) in [6.45, 7) is 1.68. The zero-order valence-electron chi connectivity index (χ0n) is 10.6. The van der Waals surface area contributed by atoms with E-state index in [0.29, 0.717) is 11.3 Å². The van der Waals surface area contributed by atoms with Gasteiger partial charge in [-0.1, -0.05) is 12.1 Å². The number of anilines is 1. The van der Waals surface area contributed by atoms with Gasteiger partial charge in [0, 0.05) is 0 Å². The average molecular weight is 272 g/mol. The third-order valence-corrected chi connectivity index (χ3v) is 3.12. The van der Waals surface area contributed by atoms with Crippen molar-refractivity contribution in [2.24, 2.45) is 5.73 Å². The van der Waals surface area contributed by atoms with Crippen LogP contribution in [0.4, 0.5) is 5.82 Å². The van der Waals surface area contributed by atoms with Gasteiger partial charge in [0.15, 0.2) is 17.3 Å². The van der Waals surface area contributed by atoms with Crippen LogP contribution in [0.3, 0.4) is 0 Å². The smallest absolute Gasteiger partial charge is 0.240 e. The predicted molar refractivity (Wildman–Crippen MR) is 71.3 cm³/mol. The van der Waals surface area contributed by atoms with Gasteiger partial charge in [0.05, 0.1) is 11.0 Å². The minimum absolute atomic E-state index is 0.109. The van der Waals surface area contributed by atoms with E-state index < -0.39 is 11.9 Å². The number of primary amides is 1. The molecule has 1 amide bonds. The maximum atomic E-state index is 11.5. The molecule has 1 atom stereocenters. The second-order valence-corrected chi connectivity index (χ2v) is 4.37. The number of para-hydroxylation sites is 2. The molecule has 0 bridgehead atoms. The Morgan fingerprint density at radius 1 is 1.35 bits per heavy atom. The summed E-state index contributed by atoms with van der Waals surface area (Å²) in [5.74, 6) is 0.0268. The molecule has 1 aromatic carbocycles. The van der Waals surface area contributed by atoms with Crippen molar-refractivity contribution in [1.29, 1.82) is 0 Å². The maximum absolute atomic E-state index is 11.5. The van der Waals surface area contributed by atoms with Gasteiger partial charge in [-0.2, -0.15) is 0 Å². The van der Waals surface area contributed by atoms with Crippen molar-refractivity contribution in [3.05, 3.63) is 24.3 Å². The van der Waals surface area contributed by atoms with E-state index in [4.69, 9.17) is 11.5 Å².